The highest BCUT2D eigenvalue weighted by Gasteiger charge is 2.26. The molecule has 138 valence electrons. The van der Waals surface area contributed by atoms with Crippen LogP contribution in [-0.2, 0) is 16.1 Å². The maximum Gasteiger partial charge on any atom is 0.413 e. The number of carbonyl (C=O) groups excluding carboxylic acids is 2. The summed E-state index contributed by atoms with van der Waals surface area (Å²) in [6, 6.07) is 14.5. The normalized spacial score (nSPS) is 17.0. The Morgan fingerprint density at radius 2 is 1.77 bits per heavy atom. The van der Waals surface area contributed by atoms with Crippen LogP contribution in [0, 0.1) is 0 Å². The van der Waals surface area contributed by atoms with Crippen LogP contribution in [0.2, 0.25) is 0 Å². The Kier molecular flexibility index (Phi) is 5.85. The number of carbonyl (C=O) groups is 2. The first kappa shape index (κ1) is 18.4. The Morgan fingerprint density at radius 1 is 1.08 bits per heavy atom. The first-order valence-electron chi connectivity index (χ1n) is 8.90. The van der Waals surface area contributed by atoms with Gasteiger partial charge in [-0.3, -0.25) is 19.9 Å². The van der Waals surface area contributed by atoms with E-state index in [-0.39, 0.29) is 11.9 Å². The van der Waals surface area contributed by atoms with Crippen LogP contribution in [0.3, 0.4) is 0 Å². The zero-order chi connectivity index (χ0) is 18.5. The molecule has 0 bridgehead atoms. The topological polar surface area (TPSA) is 61.9 Å². The van der Waals surface area contributed by atoms with Gasteiger partial charge in [0.25, 0.3) is 0 Å². The summed E-state index contributed by atoms with van der Waals surface area (Å²) in [6.07, 6.45) is -0.712. The second kappa shape index (κ2) is 8.29. The molecule has 0 unspecified atom stereocenters. The Morgan fingerprint density at radius 3 is 2.50 bits per heavy atom. The van der Waals surface area contributed by atoms with Gasteiger partial charge in [0, 0.05) is 32.7 Å². The number of imide groups is 1. The van der Waals surface area contributed by atoms with Crippen molar-refractivity contribution in [3.05, 3.63) is 48.0 Å². The lowest BCUT2D eigenvalue weighted by atomic mass is 10.0. The van der Waals surface area contributed by atoms with E-state index in [0.717, 1.165) is 32.7 Å². The van der Waals surface area contributed by atoms with Gasteiger partial charge in [-0.25, -0.2) is 4.79 Å². The van der Waals surface area contributed by atoms with Gasteiger partial charge in [0.2, 0.25) is 5.91 Å². The number of hydrogen-bond acceptors (Lipinski definition) is 5. The lowest BCUT2D eigenvalue weighted by molar-refractivity contribution is -0.125. The standard InChI is InChI=1S/C20H25N3O3/c1-15(19(24)21-20(25)26-2)23-12-10-22(11-13-23)14-17-8-5-7-16-6-3-4-9-18(16)17/h3-9,15H,10-14H2,1-2H3,(H,21,24,25)/t15-/m0/s1. The van der Waals surface area contributed by atoms with E-state index in [9.17, 15) is 9.59 Å². The minimum atomic E-state index is -0.712. The molecule has 3 rings (SSSR count). The van der Waals surface area contributed by atoms with Crippen LogP contribution in [0.1, 0.15) is 12.5 Å². The minimum Gasteiger partial charge on any atom is -0.453 e. The molecule has 1 heterocycles. The highest BCUT2D eigenvalue weighted by molar-refractivity contribution is 5.94. The molecule has 1 aliphatic heterocycles. The number of hydrogen-bond donors (Lipinski definition) is 1. The molecule has 1 atom stereocenters. The second-order valence-electron chi connectivity index (χ2n) is 6.61. The van der Waals surface area contributed by atoms with Crippen LogP contribution in [0.4, 0.5) is 4.79 Å². The quantitative estimate of drug-likeness (QED) is 0.911. The van der Waals surface area contributed by atoms with Crippen molar-refractivity contribution in [1.82, 2.24) is 15.1 Å². The predicted molar refractivity (Wildman–Crippen MR) is 101 cm³/mol. The van der Waals surface area contributed by atoms with Gasteiger partial charge in [0.05, 0.1) is 13.2 Å². The molecule has 1 saturated heterocycles. The van der Waals surface area contributed by atoms with E-state index in [2.05, 4.69) is 62.3 Å². The van der Waals surface area contributed by atoms with Crippen molar-refractivity contribution in [3.8, 4) is 0 Å². The van der Waals surface area contributed by atoms with Crippen molar-refractivity contribution in [2.45, 2.75) is 19.5 Å². The number of fused-ring (bicyclic) bond motifs is 1. The Hall–Kier alpha value is -2.44. The summed E-state index contributed by atoms with van der Waals surface area (Å²) in [5, 5.41) is 4.80. The van der Waals surface area contributed by atoms with Gasteiger partial charge in [0.1, 0.15) is 0 Å². The smallest absolute Gasteiger partial charge is 0.413 e. The van der Waals surface area contributed by atoms with Gasteiger partial charge in [-0.2, -0.15) is 0 Å². The summed E-state index contributed by atoms with van der Waals surface area (Å²) in [5.74, 6) is -0.320. The zero-order valence-electron chi connectivity index (χ0n) is 15.3. The highest BCUT2D eigenvalue weighted by atomic mass is 16.5. The largest absolute Gasteiger partial charge is 0.453 e. The number of benzene rings is 2. The number of ether oxygens (including phenoxy) is 1. The van der Waals surface area contributed by atoms with Gasteiger partial charge in [-0.15, -0.1) is 0 Å². The Bertz CT molecular complexity index is 779. The molecule has 2 aromatic rings. The summed E-state index contributed by atoms with van der Waals surface area (Å²) in [6.45, 7) is 6.08. The number of amides is 2. The summed E-state index contributed by atoms with van der Waals surface area (Å²) in [5.41, 5.74) is 1.33. The van der Waals surface area contributed by atoms with Crippen LogP contribution < -0.4 is 5.32 Å². The minimum absolute atomic E-state index is 0.320. The molecule has 0 spiro atoms. The van der Waals surface area contributed by atoms with Crippen LogP contribution in [-0.4, -0.2) is 61.1 Å². The van der Waals surface area contributed by atoms with E-state index in [1.165, 1.54) is 23.4 Å². The van der Waals surface area contributed by atoms with E-state index >= 15 is 0 Å². The molecule has 6 nitrogen and oxygen atoms in total. The van der Waals surface area contributed by atoms with Crippen LogP contribution in [0.25, 0.3) is 10.8 Å². The number of nitrogens with one attached hydrogen (secondary N) is 1. The molecule has 1 aliphatic rings. The van der Waals surface area contributed by atoms with Gasteiger partial charge in [-0.1, -0.05) is 42.5 Å². The van der Waals surface area contributed by atoms with E-state index in [0.29, 0.717) is 0 Å². The summed E-state index contributed by atoms with van der Waals surface area (Å²) >= 11 is 0. The van der Waals surface area contributed by atoms with Gasteiger partial charge < -0.3 is 4.74 Å². The van der Waals surface area contributed by atoms with Crippen LogP contribution in [0.5, 0.6) is 0 Å². The predicted octanol–water partition coefficient (Wildman–Crippen LogP) is 2.23. The van der Waals surface area contributed by atoms with Crippen LogP contribution >= 0.6 is 0 Å². The SMILES string of the molecule is COC(=O)NC(=O)[C@H](C)N1CCN(Cc2cccc3ccccc23)CC1. The van der Waals surface area contributed by atoms with Gasteiger partial charge in [-0.05, 0) is 23.3 Å². The van der Waals surface area contributed by atoms with E-state index in [4.69, 9.17) is 0 Å². The highest BCUT2D eigenvalue weighted by Crippen LogP contribution is 2.20. The van der Waals surface area contributed by atoms with Crippen molar-refractivity contribution >= 4 is 22.8 Å². The Balaban J connectivity index is 1.57. The lowest BCUT2D eigenvalue weighted by Gasteiger charge is -2.37. The molecule has 0 radical (unpaired) electrons. The average molecular weight is 355 g/mol. The third kappa shape index (κ3) is 4.20. The number of nitrogens with zero attached hydrogens (tertiary/aromatic N) is 2. The third-order valence-electron chi connectivity index (χ3n) is 5.02. The molecule has 0 aromatic heterocycles. The molecular weight excluding hydrogens is 330 g/mol. The monoisotopic (exact) mass is 355 g/mol. The second-order valence-corrected chi connectivity index (χ2v) is 6.61. The lowest BCUT2D eigenvalue weighted by Crippen LogP contribution is -2.54. The van der Waals surface area contributed by atoms with E-state index in [1.807, 2.05) is 6.92 Å². The fourth-order valence-electron chi connectivity index (χ4n) is 3.40. The van der Waals surface area contributed by atoms with Crippen molar-refractivity contribution in [1.29, 1.82) is 0 Å². The maximum atomic E-state index is 12.1. The van der Waals surface area contributed by atoms with Gasteiger partial charge >= 0.3 is 6.09 Å². The first-order chi connectivity index (χ1) is 12.6. The summed E-state index contributed by atoms with van der Waals surface area (Å²) in [7, 11) is 1.25. The van der Waals surface area contributed by atoms with Crippen molar-refractivity contribution in [3.63, 3.8) is 0 Å². The number of alkyl carbamates (subject to hydrolysis) is 1. The van der Waals surface area contributed by atoms with Crippen LogP contribution in [0.15, 0.2) is 42.5 Å². The van der Waals surface area contributed by atoms with Crippen molar-refractivity contribution in [2.24, 2.45) is 0 Å². The molecule has 0 saturated carbocycles. The molecular formula is C20H25N3O3. The number of methoxy groups -OCH3 is 1. The van der Waals surface area contributed by atoms with Gasteiger partial charge in [0.15, 0.2) is 0 Å². The van der Waals surface area contributed by atoms with E-state index < -0.39 is 6.09 Å². The number of rotatable bonds is 4. The average Bonchev–Trinajstić information content (AvgIpc) is 2.68. The molecule has 6 heteroatoms. The summed E-state index contributed by atoms with van der Waals surface area (Å²) < 4.78 is 4.48. The Labute approximate surface area is 153 Å². The van der Waals surface area contributed by atoms with Crippen molar-refractivity contribution < 1.29 is 14.3 Å². The summed E-state index contributed by atoms with van der Waals surface area (Å²) in [4.78, 5) is 27.8. The fourth-order valence-corrected chi connectivity index (χ4v) is 3.40. The third-order valence-corrected chi connectivity index (χ3v) is 5.02. The van der Waals surface area contributed by atoms with Crippen molar-refractivity contribution in [2.75, 3.05) is 33.3 Å². The van der Waals surface area contributed by atoms with E-state index in [1.54, 1.807) is 0 Å². The molecule has 2 amide bonds. The molecule has 26 heavy (non-hydrogen) atoms. The first-order valence-corrected chi connectivity index (χ1v) is 8.90. The molecule has 1 fully saturated rings. The molecule has 0 aliphatic carbocycles. The molecule has 1 N–H and O–H groups in total. The fraction of sp³-hybridized carbons (Fsp3) is 0.400. The number of piperazine rings is 1. The zero-order valence-corrected chi connectivity index (χ0v) is 15.3. The molecule has 2 aromatic carbocycles. The maximum absolute atomic E-state index is 12.1.